The van der Waals surface area contributed by atoms with Crippen LogP contribution in [0.1, 0.15) is 20.8 Å². The number of hydrogen-bond donors (Lipinski definition) is 3. The molecule has 1 atom stereocenters. The van der Waals surface area contributed by atoms with Crippen LogP contribution in [-0.4, -0.2) is 26.3 Å². The fraction of sp³-hybridized carbons (Fsp3) is 0.143. The Bertz CT molecular complexity index is 1100. The van der Waals surface area contributed by atoms with Crippen molar-refractivity contribution in [3.63, 3.8) is 0 Å². The first-order valence-corrected chi connectivity index (χ1v) is 11.5. The normalized spacial score (nSPS) is 12.2. The van der Waals surface area contributed by atoms with Gasteiger partial charge < -0.3 is 10.6 Å². The van der Waals surface area contributed by atoms with Crippen molar-refractivity contribution in [2.24, 2.45) is 5.14 Å². The average molecular weight is 444 g/mol. The second-order valence-electron chi connectivity index (χ2n) is 6.60. The summed E-state index contributed by atoms with van der Waals surface area (Å²) in [6.45, 7) is 0.184. The zero-order valence-corrected chi connectivity index (χ0v) is 17.6. The van der Waals surface area contributed by atoms with Gasteiger partial charge in [0, 0.05) is 13.0 Å². The summed E-state index contributed by atoms with van der Waals surface area (Å²) in [6.07, 6.45) is 0.341. The van der Waals surface area contributed by atoms with E-state index in [9.17, 15) is 18.0 Å². The molecule has 156 valence electrons. The molecule has 3 aromatic rings. The summed E-state index contributed by atoms with van der Waals surface area (Å²) in [4.78, 5) is 25.8. The predicted molar refractivity (Wildman–Crippen MR) is 115 cm³/mol. The Labute approximate surface area is 179 Å². The summed E-state index contributed by atoms with van der Waals surface area (Å²) < 4.78 is 22.7. The first kappa shape index (κ1) is 21.7. The van der Waals surface area contributed by atoms with E-state index >= 15 is 0 Å². The molecule has 0 saturated heterocycles. The van der Waals surface area contributed by atoms with Gasteiger partial charge in [-0.2, -0.15) is 0 Å². The molecule has 0 aliphatic rings. The minimum Gasteiger partial charge on any atom is -0.350 e. The maximum atomic E-state index is 12.8. The fourth-order valence-corrected chi connectivity index (χ4v) is 3.95. The smallest absolute Gasteiger partial charge is 0.262 e. The van der Waals surface area contributed by atoms with Crippen LogP contribution in [-0.2, 0) is 27.8 Å². The van der Waals surface area contributed by atoms with Crippen molar-refractivity contribution in [1.82, 2.24) is 10.6 Å². The second kappa shape index (κ2) is 9.66. The number of amides is 2. The highest BCUT2D eigenvalue weighted by molar-refractivity contribution is 7.89. The van der Waals surface area contributed by atoms with Gasteiger partial charge in [-0.25, -0.2) is 13.6 Å². The zero-order chi connectivity index (χ0) is 21.6. The van der Waals surface area contributed by atoms with Gasteiger partial charge in [0.15, 0.2) is 0 Å². The Morgan fingerprint density at radius 3 is 2.23 bits per heavy atom. The first-order chi connectivity index (χ1) is 14.3. The summed E-state index contributed by atoms with van der Waals surface area (Å²) in [7, 11) is -3.77. The highest BCUT2D eigenvalue weighted by atomic mass is 32.2. The van der Waals surface area contributed by atoms with Crippen LogP contribution in [0.3, 0.4) is 0 Å². The van der Waals surface area contributed by atoms with Crippen LogP contribution < -0.4 is 15.8 Å². The quantitative estimate of drug-likeness (QED) is 0.494. The number of benzene rings is 2. The lowest BCUT2D eigenvalue weighted by molar-refractivity contribution is -0.123. The molecule has 0 aliphatic carbocycles. The van der Waals surface area contributed by atoms with E-state index in [0.29, 0.717) is 16.9 Å². The average Bonchev–Trinajstić information content (AvgIpc) is 3.27. The summed E-state index contributed by atoms with van der Waals surface area (Å²) in [5, 5.41) is 12.5. The molecule has 9 heteroatoms. The number of sulfonamides is 1. The topological polar surface area (TPSA) is 118 Å². The van der Waals surface area contributed by atoms with E-state index in [2.05, 4.69) is 10.6 Å². The van der Waals surface area contributed by atoms with Crippen molar-refractivity contribution in [3.05, 3.63) is 88.1 Å². The van der Waals surface area contributed by atoms with Crippen LogP contribution in [0.5, 0.6) is 0 Å². The van der Waals surface area contributed by atoms with Gasteiger partial charge >= 0.3 is 0 Å². The zero-order valence-electron chi connectivity index (χ0n) is 15.9. The Morgan fingerprint density at radius 1 is 0.933 bits per heavy atom. The molecule has 0 aliphatic heterocycles. The third-order valence-electron chi connectivity index (χ3n) is 4.37. The summed E-state index contributed by atoms with van der Waals surface area (Å²) >= 11 is 1.30. The van der Waals surface area contributed by atoms with E-state index in [1.807, 2.05) is 30.3 Å². The van der Waals surface area contributed by atoms with Crippen LogP contribution in [0.15, 0.2) is 77.0 Å². The van der Waals surface area contributed by atoms with Gasteiger partial charge in [-0.15, -0.1) is 11.3 Å². The van der Waals surface area contributed by atoms with E-state index in [-0.39, 0.29) is 23.3 Å². The molecule has 7 nitrogen and oxygen atoms in total. The number of hydrogen-bond acceptors (Lipinski definition) is 5. The lowest BCUT2D eigenvalue weighted by Crippen LogP contribution is -2.47. The number of primary sulfonamides is 1. The van der Waals surface area contributed by atoms with E-state index in [1.54, 1.807) is 29.6 Å². The second-order valence-corrected chi connectivity index (χ2v) is 9.11. The van der Waals surface area contributed by atoms with Crippen molar-refractivity contribution in [2.75, 3.05) is 0 Å². The molecule has 4 N–H and O–H groups in total. The van der Waals surface area contributed by atoms with Gasteiger partial charge in [0.25, 0.3) is 5.91 Å². The molecule has 0 radical (unpaired) electrons. The van der Waals surface area contributed by atoms with Gasteiger partial charge in [0.05, 0.1) is 9.77 Å². The first-order valence-electron chi connectivity index (χ1n) is 9.10. The molecule has 1 unspecified atom stereocenters. The number of carbonyl (C=O) groups excluding carboxylic acids is 2. The van der Waals surface area contributed by atoms with E-state index in [0.717, 1.165) is 5.56 Å². The van der Waals surface area contributed by atoms with E-state index < -0.39 is 16.1 Å². The predicted octanol–water partition coefficient (Wildman–Crippen LogP) is 2.05. The molecular formula is C21H21N3O4S2. The standard InChI is InChI=1S/C21H21N3O4S2/c22-30(27,28)17-10-8-16(9-11-17)14-23-20(25)18(13-15-5-2-1-3-6-15)24-21(26)19-7-4-12-29-19/h1-12,18H,13-14H2,(H,23,25)(H,24,26)(H2,22,27,28). The van der Waals surface area contributed by atoms with E-state index in [1.165, 1.54) is 23.5 Å². The molecule has 0 fully saturated rings. The van der Waals surface area contributed by atoms with E-state index in [4.69, 9.17) is 5.14 Å². The van der Waals surface area contributed by atoms with Crippen LogP contribution in [0.25, 0.3) is 0 Å². The Kier molecular flexibility index (Phi) is 6.99. The third kappa shape index (κ3) is 5.99. The highest BCUT2D eigenvalue weighted by Gasteiger charge is 2.22. The molecule has 2 amide bonds. The van der Waals surface area contributed by atoms with Crippen molar-refractivity contribution < 1.29 is 18.0 Å². The molecule has 0 saturated carbocycles. The molecule has 3 rings (SSSR count). The lowest BCUT2D eigenvalue weighted by atomic mass is 10.0. The minimum absolute atomic E-state index is 0.00254. The largest absolute Gasteiger partial charge is 0.350 e. The summed E-state index contributed by atoms with van der Waals surface area (Å²) in [5.74, 6) is -0.641. The van der Waals surface area contributed by atoms with Gasteiger partial charge in [0.2, 0.25) is 15.9 Å². The fourth-order valence-electron chi connectivity index (χ4n) is 2.81. The molecule has 0 bridgehead atoms. The lowest BCUT2D eigenvalue weighted by Gasteiger charge is -2.18. The molecule has 2 aromatic carbocycles. The Hall–Kier alpha value is -3.01. The van der Waals surface area contributed by atoms with Gasteiger partial charge in [0.1, 0.15) is 6.04 Å². The van der Waals surface area contributed by atoms with Crippen molar-refractivity contribution in [2.45, 2.75) is 23.9 Å². The van der Waals surface area contributed by atoms with Crippen molar-refractivity contribution in [1.29, 1.82) is 0 Å². The summed E-state index contributed by atoms with van der Waals surface area (Å²) in [5.41, 5.74) is 1.63. The van der Waals surface area contributed by atoms with Gasteiger partial charge in [-0.3, -0.25) is 9.59 Å². The van der Waals surface area contributed by atoms with Crippen molar-refractivity contribution in [3.8, 4) is 0 Å². The minimum atomic E-state index is -3.77. The SMILES string of the molecule is NS(=O)(=O)c1ccc(CNC(=O)C(Cc2ccccc2)NC(=O)c2cccs2)cc1. The van der Waals surface area contributed by atoms with Crippen LogP contribution >= 0.6 is 11.3 Å². The van der Waals surface area contributed by atoms with Crippen LogP contribution in [0, 0.1) is 0 Å². The van der Waals surface area contributed by atoms with Gasteiger partial charge in [-0.05, 0) is 34.7 Å². The maximum absolute atomic E-state index is 12.8. The molecular weight excluding hydrogens is 422 g/mol. The Morgan fingerprint density at radius 2 is 1.63 bits per heavy atom. The number of nitrogens with two attached hydrogens (primary N) is 1. The molecule has 30 heavy (non-hydrogen) atoms. The molecule has 1 heterocycles. The highest BCUT2D eigenvalue weighted by Crippen LogP contribution is 2.11. The number of nitrogens with one attached hydrogen (secondary N) is 2. The maximum Gasteiger partial charge on any atom is 0.262 e. The third-order valence-corrected chi connectivity index (χ3v) is 6.17. The number of rotatable bonds is 8. The summed E-state index contributed by atoms with van der Waals surface area (Å²) in [6, 6.07) is 18.1. The van der Waals surface area contributed by atoms with Gasteiger partial charge in [-0.1, -0.05) is 48.5 Å². The Balaban J connectivity index is 1.68. The molecule has 0 spiro atoms. The van der Waals surface area contributed by atoms with Crippen LogP contribution in [0.4, 0.5) is 0 Å². The van der Waals surface area contributed by atoms with Crippen LogP contribution in [0.2, 0.25) is 0 Å². The number of carbonyl (C=O) groups is 2. The number of thiophene rings is 1. The monoisotopic (exact) mass is 443 g/mol. The van der Waals surface area contributed by atoms with Crippen molar-refractivity contribution >= 4 is 33.2 Å². The molecule has 1 aromatic heterocycles.